The number of carbonyl (C=O) groups excluding carboxylic acids is 1. The van der Waals surface area contributed by atoms with Gasteiger partial charge in [-0.15, -0.1) is 10.2 Å². The molecule has 0 saturated carbocycles. The van der Waals surface area contributed by atoms with Crippen molar-refractivity contribution in [3.05, 3.63) is 5.01 Å². The second-order valence-corrected chi connectivity index (χ2v) is 5.03. The molecular weight excluding hydrogens is 244 g/mol. The molecule has 0 fully saturated rings. The topological polar surface area (TPSA) is 78.7 Å². The number of amides is 1. The number of carbonyl (C=O) groups is 1. The van der Waals surface area contributed by atoms with E-state index < -0.39 is 0 Å². The van der Waals surface area contributed by atoms with Crippen LogP contribution in [0.1, 0.15) is 18.4 Å². The lowest BCUT2D eigenvalue weighted by Crippen LogP contribution is -2.14. The highest BCUT2D eigenvalue weighted by Gasteiger charge is 2.06. The Bertz CT molecular complexity index is 385. The number of rotatable bonds is 6. The predicted octanol–water partition coefficient (Wildman–Crippen LogP) is 1.69. The first kappa shape index (κ1) is 12.9. The average molecular weight is 256 g/mol. The summed E-state index contributed by atoms with van der Waals surface area (Å²) in [5, 5.41) is 20.2. The highest BCUT2D eigenvalue weighted by molar-refractivity contribution is 7.99. The van der Waals surface area contributed by atoms with Crippen molar-refractivity contribution in [2.24, 2.45) is 0 Å². The van der Waals surface area contributed by atoms with Gasteiger partial charge in [0.05, 0.1) is 11.8 Å². The van der Waals surface area contributed by atoms with Crippen LogP contribution in [0.5, 0.6) is 0 Å². The molecule has 0 aliphatic heterocycles. The van der Waals surface area contributed by atoms with Gasteiger partial charge in [-0.3, -0.25) is 10.1 Å². The molecule has 1 heterocycles. The Morgan fingerprint density at radius 1 is 1.62 bits per heavy atom. The summed E-state index contributed by atoms with van der Waals surface area (Å²) < 4.78 is 0. The number of nitrogens with zero attached hydrogens (tertiary/aromatic N) is 3. The smallest absolute Gasteiger partial charge is 0.236 e. The van der Waals surface area contributed by atoms with Gasteiger partial charge in [0, 0.05) is 12.2 Å². The molecule has 0 bridgehead atoms. The Balaban J connectivity index is 2.26. The van der Waals surface area contributed by atoms with Crippen LogP contribution in [-0.4, -0.2) is 27.6 Å². The van der Waals surface area contributed by atoms with Gasteiger partial charge >= 0.3 is 0 Å². The van der Waals surface area contributed by atoms with Crippen LogP contribution in [0.4, 0.5) is 5.13 Å². The SMILES string of the molecule is CCc1nnc(NC(=O)CSCCC#N)s1. The van der Waals surface area contributed by atoms with Gasteiger partial charge in [-0.25, -0.2) is 0 Å². The Hall–Kier alpha value is -1.13. The Labute approximate surface area is 102 Å². The summed E-state index contributed by atoms with van der Waals surface area (Å²) in [4.78, 5) is 11.4. The molecule has 5 nitrogen and oxygen atoms in total. The third-order valence-corrected chi connectivity index (χ3v) is 3.55. The summed E-state index contributed by atoms with van der Waals surface area (Å²) in [6.45, 7) is 1.99. The molecule has 1 rings (SSSR count). The van der Waals surface area contributed by atoms with Crippen LogP contribution in [0.2, 0.25) is 0 Å². The minimum Gasteiger partial charge on any atom is -0.300 e. The van der Waals surface area contributed by atoms with Crippen LogP contribution in [-0.2, 0) is 11.2 Å². The van der Waals surface area contributed by atoms with Crippen molar-refractivity contribution in [2.75, 3.05) is 16.8 Å². The number of hydrogen-bond donors (Lipinski definition) is 1. The number of nitriles is 1. The van der Waals surface area contributed by atoms with Crippen molar-refractivity contribution in [2.45, 2.75) is 19.8 Å². The van der Waals surface area contributed by atoms with Crippen LogP contribution in [0.15, 0.2) is 0 Å². The lowest BCUT2D eigenvalue weighted by atomic mass is 10.5. The van der Waals surface area contributed by atoms with E-state index in [4.69, 9.17) is 5.26 Å². The maximum absolute atomic E-state index is 11.4. The summed E-state index contributed by atoms with van der Waals surface area (Å²) in [7, 11) is 0. The summed E-state index contributed by atoms with van der Waals surface area (Å²) in [5.41, 5.74) is 0. The predicted molar refractivity (Wildman–Crippen MR) is 65.5 cm³/mol. The molecule has 0 atom stereocenters. The molecular formula is C9H12N4OS2. The van der Waals surface area contributed by atoms with Gasteiger partial charge in [0.1, 0.15) is 5.01 Å². The minimum atomic E-state index is -0.0956. The summed E-state index contributed by atoms with van der Waals surface area (Å²) in [6, 6.07) is 2.03. The molecule has 0 aliphatic carbocycles. The molecule has 0 aliphatic rings. The fourth-order valence-corrected chi connectivity index (χ4v) is 2.22. The van der Waals surface area contributed by atoms with Crippen molar-refractivity contribution >= 4 is 34.1 Å². The summed E-state index contributed by atoms with van der Waals surface area (Å²) in [6.07, 6.45) is 1.29. The standard InChI is InChI=1S/C9H12N4OS2/c1-2-8-12-13-9(16-8)11-7(14)6-15-5-3-4-10/h2-3,5-6H2,1H3,(H,11,13,14). The second-order valence-electron chi connectivity index (χ2n) is 2.86. The number of hydrogen-bond acceptors (Lipinski definition) is 6. The molecule has 1 amide bonds. The zero-order valence-electron chi connectivity index (χ0n) is 8.89. The van der Waals surface area contributed by atoms with Crippen molar-refractivity contribution in [3.63, 3.8) is 0 Å². The van der Waals surface area contributed by atoms with Gasteiger partial charge < -0.3 is 0 Å². The van der Waals surface area contributed by atoms with Crippen LogP contribution in [0.25, 0.3) is 0 Å². The second kappa shape index (κ2) is 7.19. The van der Waals surface area contributed by atoms with E-state index in [1.165, 1.54) is 23.1 Å². The number of nitrogens with one attached hydrogen (secondary N) is 1. The van der Waals surface area contributed by atoms with Crippen LogP contribution in [0, 0.1) is 11.3 Å². The average Bonchev–Trinajstić information content (AvgIpc) is 2.72. The van der Waals surface area contributed by atoms with Gasteiger partial charge in [-0.1, -0.05) is 18.3 Å². The highest BCUT2D eigenvalue weighted by atomic mass is 32.2. The molecule has 1 aromatic heterocycles. The van der Waals surface area contributed by atoms with Crippen LogP contribution >= 0.6 is 23.1 Å². The zero-order valence-corrected chi connectivity index (χ0v) is 10.5. The lowest BCUT2D eigenvalue weighted by Gasteiger charge is -1.98. The molecule has 1 N–H and O–H groups in total. The normalized spacial score (nSPS) is 9.75. The Kier molecular flexibility index (Phi) is 5.82. The van der Waals surface area contributed by atoms with Gasteiger partial charge in [0.15, 0.2) is 0 Å². The number of aryl methyl sites for hydroxylation is 1. The van der Waals surface area contributed by atoms with Crippen molar-refractivity contribution in [1.29, 1.82) is 5.26 Å². The van der Waals surface area contributed by atoms with E-state index in [1.54, 1.807) is 0 Å². The maximum Gasteiger partial charge on any atom is 0.236 e. The van der Waals surface area contributed by atoms with Gasteiger partial charge in [-0.2, -0.15) is 17.0 Å². The molecule has 0 aromatic carbocycles. The first-order valence-electron chi connectivity index (χ1n) is 4.83. The minimum absolute atomic E-state index is 0.0956. The highest BCUT2D eigenvalue weighted by Crippen LogP contribution is 2.15. The molecule has 1 aromatic rings. The third-order valence-electron chi connectivity index (χ3n) is 1.61. The first-order valence-corrected chi connectivity index (χ1v) is 6.80. The van der Waals surface area contributed by atoms with E-state index in [1.807, 2.05) is 13.0 Å². The molecule has 0 radical (unpaired) electrons. The molecule has 0 spiro atoms. The van der Waals surface area contributed by atoms with Crippen molar-refractivity contribution < 1.29 is 4.79 Å². The monoisotopic (exact) mass is 256 g/mol. The number of thioether (sulfide) groups is 1. The lowest BCUT2D eigenvalue weighted by molar-refractivity contribution is -0.113. The van der Waals surface area contributed by atoms with E-state index in [2.05, 4.69) is 15.5 Å². The quantitative estimate of drug-likeness (QED) is 0.783. The first-order chi connectivity index (χ1) is 7.76. The zero-order chi connectivity index (χ0) is 11.8. The molecule has 16 heavy (non-hydrogen) atoms. The Morgan fingerprint density at radius 3 is 3.06 bits per heavy atom. The third kappa shape index (κ3) is 4.59. The largest absolute Gasteiger partial charge is 0.300 e. The fraction of sp³-hybridized carbons (Fsp3) is 0.556. The van der Waals surface area contributed by atoms with Crippen LogP contribution < -0.4 is 5.32 Å². The summed E-state index contributed by atoms with van der Waals surface area (Å²) >= 11 is 2.83. The van der Waals surface area contributed by atoms with E-state index in [0.717, 1.165) is 11.4 Å². The fourth-order valence-electron chi connectivity index (χ4n) is 0.885. The molecule has 0 unspecified atom stereocenters. The molecule has 86 valence electrons. The van der Waals surface area contributed by atoms with E-state index in [0.29, 0.717) is 23.1 Å². The van der Waals surface area contributed by atoms with E-state index in [-0.39, 0.29) is 5.91 Å². The maximum atomic E-state index is 11.4. The molecule has 0 saturated heterocycles. The van der Waals surface area contributed by atoms with Crippen LogP contribution in [0.3, 0.4) is 0 Å². The Morgan fingerprint density at radius 2 is 2.44 bits per heavy atom. The van der Waals surface area contributed by atoms with Crippen molar-refractivity contribution in [1.82, 2.24) is 10.2 Å². The van der Waals surface area contributed by atoms with Gasteiger partial charge in [0.25, 0.3) is 0 Å². The number of anilines is 1. The van der Waals surface area contributed by atoms with Gasteiger partial charge in [0.2, 0.25) is 11.0 Å². The van der Waals surface area contributed by atoms with E-state index >= 15 is 0 Å². The van der Waals surface area contributed by atoms with E-state index in [9.17, 15) is 4.79 Å². The van der Waals surface area contributed by atoms with Gasteiger partial charge in [-0.05, 0) is 6.42 Å². The number of aromatic nitrogens is 2. The summed E-state index contributed by atoms with van der Waals surface area (Å²) in [5.74, 6) is 0.935. The molecule has 7 heteroatoms. The van der Waals surface area contributed by atoms with Crippen molar-refractivity contribution in [3.8, 4) is 6.07 Å².